The Morgan fingerprint density at radius 3 is 2.26 bits per heavy atom. The molecule has 2 aromatic carbocycles. The van der Waals surface area contributed by atoms with Gasteiger partial charge in [0.2, 0.25) is 0 Å². The molecule has 0 saturated carbocycles. The number of hydrogen-bond donors (Lipinski definition) is 0. The van der Waals surface area contributed by atoms with Gasteiger partial charge >= 0.3 is 0 Å². The van der Waals surface area contributed by atoms with Crippen molar-refractivity contribution in [2.45, 2.75) is 17.3 Å². The van der Waals surface area contributed by atoms with Crippen molar-refractivity contribution < 1.29 is 8.78 Å². The summed E-state index contributed by atoms with van der Waals surface area (Å²) in [6.45, 7) is 1.75. The Morgan fingerprint density at radius 2 is 1.52 bits per heavy atom. The van der Waals surface area contributed by atoms with E-state index in [1.54, 1.807) is 6.92 Å². The van der Waals surface area contributed by atoms with Crippen molar-refractivity contribution in [3.8, 4) is 11.1 Å². The van der Waals surface area contributed by atoms with Crippen molar-refractivity contribution in [2.75, 3.05) is 0 Å². The van der Waals surface area contributed by atoms with Crippen LogP contribution in [0, 0.1) is 5.92 Å². The van der Waals surface area contributed by atoms with Gasteiger partial charge in [-0.1, -0.05) is 78.0 Å². The zero-order chi connectivity index (χ0) is 16.1. The summed E-state index contributed by atoms with van der Waals surface area (Å²) in [7, 11) is 0. The lowest BCUT2D eigenvalue weighted by molar-refractivity contribution is 0.440. The molecule has 0 amide bonds. The first-order valence-corrected chi connectivity index (χ1v) is 8.95. The fourth-order valence-corrected chi connectivity index (χ4v) is 4.72. The van der Waals surface area contributed by atoms with E-state index in [-0.39, 0.29) is 3.92 Å². The van der Waals surface area contributed by atoms with Gasteiger partial charge in [-0.25, -0.2) is 8.78 Å². The Hall–Kier alpha value is -1.49. The van der Waals surface area contributed by atoms with Crippen molar-refractivity contribution in [3.05, 3.63) is 76.9 Å². The Balaban J connectivity index is 2.11. The number of alkyl halides is 1. The molecule has 0 heterocycles. The maximum absolute atomic E-state index is 14.9. The van der Waals surface area contributed by atoms with Crippen molar-refractivity contribution in [3.63, 3.8) is 0 Å². The minimum absolute atomic E-state index is 0.0486. The molecule has 2 unspecified atom stereocenters. The molecule has 23 heavy (non-hydrogen) atoms. The molecule has 3 heteroatoms. The third-order valence-corrected chi connectivity index (χ3v) is 6.16. The molecule has 2 aliphatic carbocycles. The molecule has 0 aliphatic heterocycles. The molecular weight excluding hydrogens is 405 g/mol. The summed E-state index contributed by atoms with van der Waals surface area (Å²) in [5.74, 6) is -1.70. The third kappa shape index (κ3) is 2.20. The average Bonchev–Trinajstić information content (AvgIpc) is 2.68. The first-order chi connectivity index (χ1) is 11.1. The molecule has 0 saturated heterocycles. The molecule has 0 radical (unpaired) electrons. The monoisotopic (exact) mass is 420 g/mol. The number of hydrogen-bond acceptors (Lipinski definition) is 0. The first-order valence-electron chi connectivity index (χ1n) is 7.71. The standard InChI is InChI=1S/C20H15F2I/c1-11-10-16-17(19(22)18(11)21)14-8-4-2-6-12(14)13-7-3-5-9-15(13)20(16)23/h2-9,11,20H,10H2,1H3. The average molecular weight is 420 g/mol. The molecule has 0 spiro atoms. The van der Waals surface area contributed by atoms with Gasteiger partial charge in [-0.15, -0.1) is 0 Å². The van der Waals surface area contributed by atoms with E-state index < -0.39 is 17.6 Å². The lowest BCUT2D eigenvalue weighted by Gasteiger charge is -2.25. The molecule has 4 rings (SSSR count). The number of benzene rings is 2. The molecular formula is C20H15F2I. The number of halogens is 3. The summed E-state index contributed by atoms with van der Waals surface area (Å²) < 4.78 is 29.2. The molecule has 0 N–H and O–H groups in total. The van der Waals surface area contributed by atoms with Crippen LogP contribution in [0.15, 0.2) is 65.8 Å². The van der Waals surface area contributed by atoms with E-state index >= 15 is 0 Å². The van der Waals surface area contributed by atoms with Gasteiger partial charge in [-0.3, -0.25) is 0 Å². The molecule has 2 aliphatic rings. The largest absolute Gasteiger partial charge is 0.208 e. The summed E-state index contributed by atoms with van der Waals surface area (Å²) in [6.07, 6.45) is 0.560. The van der Waals surface area contributed by atoms with Gasteiger partial charge in [0.05, 0.1) is 3.92 Å². The van der Waals surface area contributed by atoms with Gasteiger partial charge < -0.3 is 0 Å². The van der Waals surface area contributed by atoms with Gasteiger partial charge in [0, 0.05) is 11.5 Å². The predicted molar refractivity (Wildman–Crippen MR) is 98.6 cm³/mol. The van der Waals surface area contributed by atoms with E-state index in [1.807, 2.05) is 36.4 Å². The van der Waals surface area contributed by atoms with Crippen molar-refractivity contribution in [1.29, 1.82) is 0 Å². The van der Waals surface area contributed by atoms with E-state index in [2.05, 4.69) is 34.7 Å². The van der Waals surface area contributed by atoms with Crippen LogP contribution in [0.3, 0.4) is 0 Å². The van der Waals surface area contributed by atoms with Crippen molar-refractivity contribution >= 4 is 28.2 Å². The zero-order valence-electron chi connectivity index (χ0n) is 12.6. The van der Waals surface area contributed by atoms with Crippen LogP contribution < -0.4 is 0 Å². The maximum atomic E-state index is 14.9. The summed E-state index contributed by atoms with van der Waals surface area (Å²) in [5.41, 5.74) is 5.52. The molecule has 0 bridgehead atoms. The number of fused-ring (bicyclic) bond motifs is 4. The summed E-state index contributed by atoms with van der Waals surface area (Å²) >= 11 is 2.36. The second-order valence-electron chi connectivity index (χ2n) is 6.16. The predicted octanol–water partition coefficient (Wildman–Crippen LogP) is 6.79. The summed E-state index contributed by atoms with van der Waals surface area (Å²) in [5, 5.41) is 0. The Morgan fingerprint density at radius 1 is 0.913 bits per heavy atom. The van der Waals surface area contributed by atoms with Crippen LogP contribution in [0.2, 0.25) is 0 Å². The molecule has 0 nitrogen and oxygen atoms in total. The fourth-order valence-electron chi connectivity index (χ4n) is 3.61. The number of rotatable bonds is 0. The lowest BCUT2D eigenvalue weighted by atomic mass is 9.84. The van der Waals surface area contributed by atoms with Crippen LogP contribution in [0.1, 0.15) is 28.4 Å². The highest BCUT2D eigenvalue weighted by Crippen LogP contribution is 2.53. The van der Waals surface area contributed by atoms with Gasteiger partial charge in [0.15, 0.2) is 5.83 Å². The number of allylic oxidation sites excluding steroid dienone is 4. The maximum Gasteiger partial charge on any atom is 0.162 e. The van der Waals surface area contributed by atoms with Gasteiger partial charge in [-0.05, 0) is 34.2 Å². The SMILES string of the molecule is CC1CC2=C(C(F)=C1F)c1ccccc1-c1ccccc1C2I. The summed E-state index contributed by atoms with van der Waals surface area (Å²) in [4.78, 5) is 0. The Kier molecular flexibility index (Phi) is 3.63. The van der Waals surface area contributed by atoms with Crippen LogP contribution in [0.4, 0.5) is 8.78 Å². The minimum Gasteiger partial charge on any atom is -0.208 e. The molecule has 2 atom stereocenters. The lowest BCUT2D eigenvalue weighted by Crippen LogP contribution is -2.11. The molecule has 2 aromatic rings. The second kappa shape index (κ2) is 5.55. The van der Waals surface area contributed by atoms with E-state index in [1.165, 1.54) is 5.56 Å². The molecule has 0 aromatic heterocycles. The van der Waals surface area contributed by atoms with Crippen LogP contribution in [-0.4, -0.2) is 0 Å². The van der Waals surface area contributed by atoms with Crippen molar-refractivity contribution in [2.24, 2.45) is 5.92 Å². The van der Waals surface area contributed by atoms with Crippen LogP contribution in [0.25, 0.3) is 16.7 Å². The molecule has 116 valence electrons. The van der Waals surface area contributed by atoms with Crippen molar-refractivity contribution in [1.82, 2.24) is 0 Å². The van der Waals surface area contributed by atoms with Gasteiger partial charge in [-0.2, -0.15) is 0 Å². The third-order valence-electron chi connectivity index (χ3n) is 4.74. The minimum atomic E-state index is -0.680. The first kappa shape index (κ1) is 15.1. The normalized spacial score (nSPS) is 23.1. The topological polar surface area (TPSA) is 0 Å². The van der Waals surface area contributed by atoms with Gasteiger partial charge in [0.1, 0.15) is 5.83 Å². The van der Waals surface area contributed by atoms with E-state index in [9.17, 15) is 8.78 Å². The fraction of sp³-hybridized carbons (Fsp3) is 0.200. The second-order valence-corrected chi connectivity index (χ2v) is 7.41. The zero-order valence-corrected chi connectivity index (χ0v) is 14.8. The van der Waals surface area contributed by atoms with E-state index in [4.69, 9.17) is 0 Å². The Labute approximate surface area is 148 Å². The quantitative estimate of drug-likeness (QED) is 0.325. The highest BCUT2D eigenvalue weighted by atomic mass is 127. The van der Waals surface area contributed by atoms with Crippen LogP contribution in [0.5, 0.6) is 0 Å². The smallest absolute Gasteiger partial charge is 0.162 e. The van der Waals surface area contributed by atoms with Crippen LogP contribution >= 0.6 is 22.6 Å². The van der Waals surface area contributed by atoms with E-state index in [0.717, 1.165) is 22.3 Å². The Bertz CT molecular complexity index is 863. The summed E-state index contributed by atoms with van der Waals surface area (Å²) in [6, 6.07) is 15.9. The van der Waals surface area contributed by atoms with E-state index in [0.29, 0.717) is 12.0 Å². The van der Waals surface area contributed by atoms with Crippen LogP contribution in [-0.2, 0) is 0 Å². The highest BCUT2D eigenvalue weighted by Gasteiger charge is 2.35. The molecule has 0 fully saturated rings. The van der Waals surface area contributed by atoms with Gasteiger partial charge in [0.25, 0.3) is 0 Å². The highest BCUT2D eigenvalue weighted by molar-refractivity contribution is 14.1.